The smallest absolute Gasteiger partial charge is 0.449 e. The first-order valence-corrected chi connectivity index (χ1v) is 9.05. The van der Waals surface area contributed by atoms with E-state index in [2.05, 4.69) is 0 Å². The van der Waals surface area contributed by atoms with E-state index in [1.807, 2.05) is 0 Å². The predicted molar refractivity (Wildman–Crippen MR) is 102 cm³/mol. The molecule has 0 spiro atoms. The number of aliphatic hydroxyl groups is 2. The molecule has 6 nitrogen and oxygen atoms in total. The Labute approximate surface area is 202 Å². The molecule has 0 unspecified atom stereocenters. The number of alkyl halides is 6. The predicted octanol–water partition coefficient (Wildman–Crippen LogP) is 4.88. The first-order valence-electron chi connectivity index (χ1n) is 9.05. The Bertz CT molecular complexity index is 1140. The van der Waals surface area contributed by atoms with Gasteiger partial charge in [0.1, 0.15) is 11.1 Å². The number of aliphatic hydroxyl groups excluding tert-OH is 2. The van der Waals surface area contributed by atoms with Gasteiger partial charge in [0, 0.05) is 39.3 Å². The third-order valence-electron chi connectivity index (χ3n) is 4.75. The minimum absolute atomic E-state index is 0. The molecular formula is C22H10CuF6O6. The van der Waals surface area contributed by atoms with Crippen LogP contribution < -0.4 is 0 Å². The number of hydrogen-bond acceptors (Lipinski definition) is 6. The summed E-state index contributed by atoms with van der Waals surface area (Å²) in [4.78, 5) is 46.2. The molecule has 2 N–H and O–H groups in total. The zero-order valence-electron chi connectivity index (χ0n) is 16.7. The van der Waals surface area contributed by atoms with E-state index in [0.29, 0.717) is 0 Å². The first kappa shape index (κ1) is 27.5. The van der Waals surface area contributed by atoms with Crippen molar-refractivity contribution in [2.24, 2.45) is 0 Å². The normalized spacial score (nSPS) is 14.7. The van der Waals surface area contributed by atoms with Crippen molar-refractivity contribution in [3.8, 4) is 0 Å². The number of Topliss-reactive ketones (excluding diaryl/α,β-unsaturated/α-hetero) is 4. The number of carbonyl (C=O) groups is 4. The van der Waals surface area contributed by atoms with Crippen LogP contribution in [0.5, 0.6) is 0 Å². The molecule has 2 aromatic carbocycles. The summed E-state index contributed by atoms with van der Waals surface area (Å²) in [5, 5.41) is 17.8. The van der Waals surface area contributed by atoms with Crippen molar-refractivity contribution in [3.05, 3.63) is 93.4 Å². The van der Waals surface area contributed by atoms with E-state index in [0.717, 1.165) is 0 Å². The fourth-order valence-electron chi connectivity index (χ4n) is 3.22. The van der Waals surface area contributed by atoms with Crippen LogP contribution in [0, 0.1) is 0 Å². The molecule has 0 saturated heterocycles. The number of rotatable bonds is 0. The standard InChI is InChI=1S/2C11H5F3O3.Cu/c2*12-11(13,14)10(17)7-8(15)5-3-1-2-4-6(5)9(7)16;/h2*1-4,17H;. The number of carbonyl (C=O) groups excluding carboxylic acids is 4. The van der Waals surface area contributed by atoms with Crippen molar-refractivity contribution < 1.29 is 72.8 Å². The second-order valence-corrected chi connectivity index (χ2v) is 6.85. The van der Waals surface area contributed by atoms with Gasteiger partial charge in [-0.05, 0) is 0 Å². The van der Waals surface area contributed by atoms with Crippen LogP contribution in [-0.4, -0.2) is 45.7 Å². The van der Waals surface area contributed by atoms with E-state index in [9.17, 15) is 45.5 Å². The van der Waals surface area contributed by atoms with Crippen LogP contribution >= 0.6 is 0 Å². The van der Waals surface area contributed by atoms with Gasteiger partial charge in [-0.25, -0.2) is 0 Å². The van der Waals surface area contributed by atoms with E-state index in [4.69, 9.17) is 10.2 Å². The molecule has 0 saturated carbocycles. The molecule has 35 heavy (non-hydrogen) atoms. The summed E-state index contributed by atoms with van der Waals surface area (Å²) in [7, 11) is 0. The Hall–Kier alpha value is -3.70. The Morgan fingerprint density at radius 1 is 0.514 bits per heavy atom. The van der Waals surface area contributed by atoms with Gasteiger partial charge >= 0.3 is 12.4 Å². The minimum atomic E-state index is -5.11. The van der Waals surface area contributed by atoms with Gasteiger partial charge in [-0.1, -0.05) is 48.5 Å². The quantitative estimate of drug-likeness (QED) is 0.160. The molecular weight excluding hydrogens is 538 g/mol. The number of fused-ring (bicyclic) bond motifs is 2. The Morgan fingerprint density at radius 2 is 0.714 bits per heavy atom. The maximum Gasteiger partial charge on any atom is 0.449 e. The monoisotopic (exact) mass is 547 g/mol. The van der Waals surface area contributed by atoms with Crippen LogP contribution in [0.15, 0.2) is 71.2 Å². The van der Waals surface area contributed by atoms with Gasteiger partial charge in [-0.3, -0.25) is 19.2 Å². The average molecular weight is 548 g/mol. The van der Waals surface area contributed by atoms with Crippen LogP contribution in [-0.2, 0) is 17.1 Å². The number of allylic oxidation sites excluding steroid dienone is 4. The zero-order chi connectivity index (χ0) is 25.6. The van der Waals surface area contributed by atoms with Gasteiger partial charge in [0.15, 0.2) is 0 Å². The number of halogens is 6. The molecule has 0 fully saturated rings. The molecule has 0 heterocycles. The molecule has 0 atom stereocenters. The van der Waals surface area contributed by atoms with E-state index < -0.39 is 58.2 Å². The summed E-state index contributed by atoms with van der Waals surface area (Å²) < 4.78 is 73.6. The van der Waals surface area contributed by atoms with E-state index in [1.54, 1.807) is 0 Å². The number of benzene rings is 2. The minimum Gasteiger partial charge on any atom is -0.504 e. The van der Waals surface area contributed by atoms with Gasteiger partial charge in [0.25, 0.3) is 0 Å². The molecule has 2 aromatic rings. The molecule has 187 valence electrons. The largest absolute Gasteiger partial charge is 0.504 e. The molecule has 2 aliphatic carbocycles. The van der Waals surface area contributed by atoms with Gasteiger partial charge in [0.05, 0.1) is 0 Å². The van der Waals surface area contributed by atoms with E-state index in [-0.39, 0.29) is 39.3 Å². The maximum absolute atomic E-state index is 12.3. The fourth-order valence-corrected chi connectivity index (χ4v) is 3.22. The Balaban J connectivity index is 0.000000240. The van der Waals surface area contributed by atoms with Gasteiger partial charge in [-0.2, -0.15) is 26.3 Å². The van der Waals surface area contributed by atoms with Crippen LogP contribution in [0.4, 0.5) is 26.3 Å². The van der Waals surface area contributed by atoms with Crippen molar-refractivity contribution in [1.82, 2.24) is 0 Å². The SMILES string of the molecule is O=C1C(=C(O)C(F)(F)F)C(=O)c2ccccc21.O=C1C(=C(O)C(F)(F)F)C(=O)c2ccccc21.[Cu]. The Kier molecular flexibility index (Phi) is 7.48. The van der Waals surface area contributed by atoms with Crippen LogP contribution in [0.1, 0.15) is 41.4 Å². The van der Waals surface area contributed by atoms with Crippen LogP contribution in [0.3, 0.4) is 0 Å². The zero-order valence-corrected chi connectivity index (χ0v) is 17.7. The van der Waals surface area contributed by atoms with Crippen molar-refractivity contribution in [2.75, 3.05) is 0 Å². The molecule has 1 radical (unpaired) electrons. The third kappa shape index (κ3) is 4.91. The molecule has 4 rings (SSSR count). The second-order valence-electron chi connectivity index (χ2n) is 6.85. The molecule has 2 aliphatic rings. The summed E-state index contributed by atoms with van der Waals surface area (Å²) in [6, 6.07) is 10.7. The number of ketones is 4. The second kappa shape index (κ2) is 9.51. The summed E-state index contributed by atoms with van der Waals surface area (Å²) in [5.41, 5.74) is -2.91. The Morgan fingerprint density at radius 3 is 0.886 bits per heavy atom. The third-order valence-corrected chi connectivity index (χ3v) is 4.75. The summed E-state index contributed by atoms with van der Waals surface area (Å²) in [5.74, 6) is -8.66. The van der Waals surface area contributed by atoms with Gasteiger partial charge in [-0.15, -0.1) is 0 Å². The van der Waals surface area contributed by atoms with E-state index >= 15 is 0 Å². The topological polar surface area (TPSA) is 109 Å². The van der Waals surface area contributed by atoms with Gasteiger partial charge in [0.2, 0.25) is 34.7 Å². The van der Waals surface area contributed by atoms with Crippen LogP contribution in [0.2, 0.25) is 0 Å². The van der Waals surface area contributed by atoms with Crippen molar-refractivity contribution >= 4 is 23.1 Å². The maximum atomic E-state index is 12.3. The molecule has 13 heteroatoms. The molecule has 0 bridgehead atoms. The average Bonchev–Trinajstić information content (AvgIpc) is 3.17. The molecule has 0 aromatic heterocycles. The summed E-state index contributed by atoms with van der Waals surface area (Å²) >= 11 is 0. The van der Waals surface area contributed by atoms with Crippen molar-refractivity contribution in [2.45, 2.75) is 12.4 Å². The van der Waals surface area contributed by atoms with Crippen LogP contribution in [0.25, 0.3) is 0 Å². The fraction of sp³-hybridized carbons (Fsp3) is 0.0909. The van der Waals surface area contributed by atoms with E-state index in [1.165, 1.54) is 48.5 Å². The summed E-state index contributed by atoms with van der Waals surface area (Å²) in [6.45, 7) is 0. The first-order chi connectivity index (χ1) is 15.7. The van der Waals surface area contributed by atoms with Crippen molar-refractivity contribution in [1.29, 1.82) is 0 Å². The summed E-state index contributed by atoms with van der Waals surface area (Å²) in [6.07, 6.45) is -10.2. The number of hydrogen-bond donors (Lipinski definition) is 2. The van der Waals surface area contributed by atoms with Gasteiger partial charge < -0.3 is 10.2 Å². The molecule has 0 amide bonds. The molecule has 0 aliphatic heterocycles. The van der Waals surface area contributed by atoms with Crippen molar-refractivity contribution in [3.63, 3.8) is 0 Å².